The standard InChI is InChI=1S/C37H40F2N6O8S/c1-36(2,3)29-33(47)45-19-22(17-27(45)31(46)43-37(18-24(37)30(38)39)34(48)44-54(50,51)23-13-14-23)53-32-28(40-25-11-4-5-12-26(25)41-32)21-10-6-8-20(16-21)9-7-15-52-35(49)42-29/h4-12,16,22-24,27,29-30H,13-15,17-19H2,1-3H3,(H,42,49)(H,43,46)(H,44,48)/b9-7+/t22-,24+,27+,29-,37+/m1/s1. The fraction of sp³-hybridized carbons (Fsp3) is 0.459. The number of fused-ring (bicyclic) bond motifs is 7. The van der Waals surface area contributed by atoms with Crippen molar-refractivity contribution in [3.63, 3.8) is 0 Å². The van der Waals surface area contributed by atoms with Crippen LogP contribution < -0.4 is 20.1 Å². The fourth-order valence-corrected chi connectivity index (χ4v) is 8.26. The molecule has 4 aliphatic rings. The molecule has 3 N–H and O–H groups in total. The van der Waals surface area contributed by atoms with Crippen LogP contribution in [0, 0.1) is 11.3 Å². The molecule has 5 atom stereocenters. The summed E-state index contributed by atoms with van der Waals surface area (Å²) in [6.45, 7) is 4.78. The molecule has 54 heavy (non-hydrogen) atoms. The molecule has 4 bridgehead atoms. The van der Waals surface area contributed by atoms with Gasteiger partial charge in [-0.3, -0.25) is 19.1 Å². The maximum Gasteiger partial charge on any atom is 0.408 e. The van der Waals surface area contributed by atoms with E-state index in [1.807, 2.05) is 35.1 Å². The number of halogens is 2. The van der Waals surface area contributed by atoms with Crippen molar-refractivity contribution in [1.82, 2.24) is 30.2 Å². The van der Waals surface area contributed by atoms with Crippen molar-refractivity contribution in [3.05, 3.63) is 60.2 Å². The summed E-state index contributed by atoms with van der Waals surface area (Å²) in [4.78, 5) is 65.8. The van der Waals surface area contributed by atoms with E-state index in [1.165, 1.54) is 4.90 Å². The number of carbonyl (C=O) groups is 4. The van der Waals surface area contributed by atoms with Gasteiger partial charge in [0.05, 0.1) is 28.7 Å². The average molecular weight is 767 g/mol. The minimum atomic E-state index is -4.14. The van der Waals surface area contributed by atoms with Crippen LogP contribution in [0.3, 0.4) is 0 Å². The van der Waals surface area contributed by atoms with E-state index in [1.54, 1.807) is 51.1 Å². The zero-order valence-corrected chi connectivity index (χ0v) is 30.6. The normalized spacial score (nSPS) is 26.5. The Bertz CT molecular complexity index is 2160. The summed E-state index contributed by atoms with van der Waals surface area (Å²) in [6, 6.07) is 11.9. The molecule has 14 nitrogen and oxygen atoms in total. The van der Waals surface area contributed by atoms with Gasteiger partial charge in [-0.2, -0.15) is 0 Å². The van der Waals surface area contributed by atoms with Crippen LogP contribution in [0.15, 0.2) is 54.6 Å². The summed E-state index contributed by atoms with van der Waals surface area (Å²) >= 11 is 0. The van der Waals surface area contributed by atoms with Crippen molar-refractivity contribution >= 4 is 50.9 Å². The van der Waals surface area contributed by atoms with Crippen LogP contribution in [0.4, 0.5) is 13.6 Å². The number of hydrogen-bond acceptors (Lipinski definition) is 10. The molecule has 286 valence electrons. The second-order valence-corrected chi connectivity index (χ2v) is 17.2. The molecule has 7 rings (SSSR count). The topological polar surface area (TPSA) is 186 Å². The Hall–Kier alpha value is -5.19. The van der Waals surface area contributed by atoms with Crippen LogP contribution >= 0.6 is 0 Å². The Morgan fingerprint density at radius 3 is 2.44 bits per heavy atom. The minimum absolute atomic E-state index is 0.114. The van der Waals surface area contributed by atoms with E-state index in [9.17, 15) is 36.4 Å². The number of nitrogens with zero attached hydrogens (tertiary/aromatic N) is 3. The Morgan fingerprint density at radius 1 is 1.06 bits per heavy atom. The molecule has 0 unspecified atom stereocenters. The number of carbonyl (C=O) groups excluding carboxylic acids is 4. The Kier molecular flexibility index (Phi) is 9.56. The van der Waals surface area contributed by atoms with Gasteiger partial charge in [-0.25, -0.2) is 32.0 Å². The molecule has 2 aliphatic carbocycles. The molecule has 2 aromatic carbocycles. The first-order valence-corrected chi connectivity index (χ1v) is 19.2. The molecule has 0 radical (unpaired) electrons. The summed E-state index contributed by atoms with van der Waals surface area (Å²) in [7, 11) is -4.14. The Balaban J connectivity index is 1.27. The number of sulfonamides is 1. The minimum Gasteiger partial charge on any atom is -0.471 e. The molecule has 2 saturated carbocycles. The fourth-order valence-electron chi connectivity index (χ4n) is 6.90. The van der Waals surface area contributed by atoms with Crippen LogP contribution in [-0.2, 0) is 29.1 Å². The molecule has 2 aliphatic heterocycles. The molecule has 1 aromatic heterocycles. The monoisotopic (exact) mass is 766 g/mol. The summed E-state index contributed by atoms with van der Waals surface area (Å²) in [5.74, 6) is -4.47. The summed E-state index contributed by atoms with van der Waals surface area (Å²) in [5.41, 5.74) is -0.253. The molecule has 3 aromatic rings. The number of rotatable bonds is 6. The quantitative estimate of drug-likeness (QED) is 0.335. The van der Waals surface area contributed by atoms with E-state index in [4.69, 9.17) is 19.4 Å². The Morgan fingerprint density at radius 2 is 1.78 bits per heavy atom. The zero-order chi connectivity index (χ0) is 38.6. The molecule has 4 amide bonds. The van der Waals surface area contributed by atoms with Gasteiger partial charge in [0.1, 0.15) is 36.0 Å². The number of amides is 4. The van der Waals surface area contributed by atoms with Gasteiger partial charge in [0.25, 0.3) is 5.91 Å². The first kappa shape index (κ1) is 37.1. The SMILES string of the molecule is CC(C)(C)[C@@H]1NC(=O)OC/C=C/c2cccc(c2)-c2nc3ccccc3nc2O[C@@H]2C[C@@H](C(=O)N[C@@]3(C(=O)NS(=O)(=O)C4CC4)C[C@H]3C(F)F)N(C2)C1=O. The van der Waals surface area contributed by atoms with Crippen molar-refractivity contribution in [2.75, 3.05) is 13.2 Å². The van der Waals surface area contributed by atoms with Gasteiger partial charge in [-0.1, -0.05) is 57.2 Å². The highest BCUT2D eigenvalue weighted by Crippen LogP contribution is 2.48. The number of ether oxygens (including phenoxy) is 2. The van der Waals surface area contributed by atoms with Gasteiger partial charge in [0, 0.05) is 12.0 Å². The van der Waals surface area contributed by atoms with E-state index in [0.717, 1.165) is 5.56 Å². The second-order valence-electron chi connectivity index (χ2n) is 15.2. The third kappa shape index (κ3) is 7.45. The second kappa shape index (κ2) is 13.9. The van der Waals surface area contributed by atoms with Crippen LogP contribution in [0.2, 0.25) is 0 Å². The summed E-state index contributed by atoms with van der Waals surface area (Å²) < 4.78 is 67.2. The van der Waals surface area contributed by atoms with Gasteiger partial charge in [-0.05, 0) is 54.5 Å². The maximum absolute atomic E-state index is 14.5. The third-order valence-corrected chi connectivity index (χ3v) is 11.9. The lowest BCUT2D eigenvalue weighted by Gasteiger charge is -2.35. The average Bonchev–Trinajstić information content (AvgIpc) is 4.05. The summed E-state index contributed by atoms with van der Waals surface area (Å²) in [6.07, 6.45) is -1.50. The number of hydrogen-bond donors (Lipinski definition) is 3. The van der Waals surface area contributed by atoms with Gasteiger partial charge in [-0.15, -0.1) is 0 Å². The van der Waals surface area contributed by atoms with E-state index < -0.39 is 87.0 Å². The van der Waals surface area contributed by atoms with Crippen molar-refractivity contribution in [3.8, 4) is 17.1 Å². The number of nitrogens with one attached hydrogen (secondary N) is 3. The van der Waals surface area contributed by atoms with E-state index in [2.05, 4.69) is 10.6 Å². The lowest BCUT2D eigenvalue weighted by atomic mass is 9.85. The zero-order valence-electron chi connectivity index (χ0n) is 29.8. The molecular weight excluding hydrogens is 727 g/mol. The highest BCUT2D eigenvalue weighted by molar-refractivity contribution is 7.91. The lowest BCUT2D eigenvalue weighted by Crippen LogP contribution is -2.60. The number of alkyl halides is 2. The smallest absolute Gasteiger partial charge is 0.408 e. The molecule has 17 heteroatoms. The highest BCUT2D eigenvalue weighted by atomic mass is 32.2. The van der Waals surface area contributed by atoms with Crippen LogP contribution in [-0.4, -0.2) is 95.7 Å². The van der Waals surface area contributed by atoms with E-state index in [-0.39, 0.29) is 25.5 Å². The van der Waals surface area contributed by atoms with Crippen molar-refractivity contribution in [2.24, 2.45) is 11.3 Å². The predicted molar refractivity (Wildman–Crippen MR) is 191 cm³/mol. The Labute approximate surface area is 310 Å². The van der Waals surface area contributed by atoms with Crippen LogP contribution in [0.25, 0.3) is 28.4 Å². The molecule has 1 saturated heterocycles. The molecule has 0 spiro atoms. The highest BCUT2D eigenvalue weighted by Gasteiger charge is 2.67. The summed E-state index contributed by atoms with van der Waals surface area (Å²) in [5, 5.41) is 4.21. The van der Waals surface area contributed by atoms with Gasteiger partial charge < -0.3 is 25.0 Å². The van der Waals surface area contributed by atoms with Crippen molar-refractivity contribution in [2.45, 2.75) is 81.9 Å². The van der Waals surface area contributed by atoms with Gasteiger partial charge in [0.15, 0.2) is 0 Å². The molecule has 3 heterocycles. The van der Waals surface area contributed by atoms with E-state index in [0.29, 0.717) is 35.1 Å². The van der Waals surface area contributed by atoms with E-state index >= 15 is 0 Å². The third-order valence-electron chi connectivity index (χ3n) is 10.1. The lowest BCUT2D eigenvalue weighted by molar-refractivity contribution is -0.143. The molecule has 3 fully saturated rings. The number of para-hydroxylation sites is 2. The maximum atomic E-state index is 14.5. The van der Waals surface area contributed by atoms with Crippen LogP contribution in [0.5, 0.6) is 5.88 Å². The number of benzene rings is 2. The van der Waals surface area contributed by atoms with Crippen LogP contribution in [0.1, 0.15) is 52.0 Å². The van der Waals surface area contributed by atoms with Crippen molar-refractivity contribution < 1.29 is 45.9 Å². The van der Waals surface area contributed by atoms with Gasteiger partial charge in [0.2, 0.25) is 34.1 Å². The first-order chi connectivity index (χ1) is 25.6. The predicted octanol–water partition coefficient (Wildman–Crippen LogP) is 3.56. The number of alkyl carbamates (subject to hydrolysis) is 1. The van der Waals surface area contributed by atoms with Gasteiger partial charge >= 0.3 is 6.09 Å². The first-order valence-electron chi connectivity index (χ1n) is 17.7. The van der Waals surface area contributed by atoms with Crippen molar-refractivity contribution in [1.29, 1.82) is 0 Å². The largest absolute Gasteiger partial charge is 0.471 e. The number of cyclic esters (lactones) is 1. The molecular formula is C37H40F2N6O8S. The number of aromatic nitrogens is 2.